The molecule has 0 unspecified atom stereocenters. The molecule has 5 nitrogen and oxygen atoms in total. The monoisotopic (exact) mass is 186 g/mol. The average molecular weight is 186 g/mol. The highest BCUT2D eigenvalue weighted by atomic mass is 16.1. The van der Waals surface area contributed by atoms with Gasteiger partial charge in [0.05, 0.1) is 28.9 Å². The zero-order chi connectivity index (χ0) is 9.54. The van der Waals surface area contributed by atoms with E-state index in [4.69, 9.17) is 0 Å². The molecule has 1 aromatic carbocycles. The van der Waals surface area contributed by atoms with Crippen molar-refractivity contribution in [1.82, 2.24) is 20.2 Å². The molecule has 0 spiro atoms. The zero-order valence-corrected chi connectivity index (χ0v) is 7.11. The topological polar surface area (TPSA) is 74.4 Å². The van der Waals surface area contributed by atoms with Gasteiger partial charge in [-0.25, -0.2) is 4.98 Å². The van der Waals surface area contributed by atoms with Gasteiger partial charge in [0.15, 0.2) is 0 Å². The maximum atomic E-state index is 11.4. The van der Waals surface area contributed by atoms with Crippen LogP contribution in [0.2, 0.25) is 0 Å². The molecule has 5 heteroatoms. The molecule has 0 saturated heterocycles. The average Bonchev–Trinajstić information content (AvgIpc) is 2.62. The maximum Gasteiger partial charge on any atom is 0.258 e. The zero-order valence-electron chi connectivity index (χ0n) is 7.11. The van der Waals surface area contributed by atoms with E-state index in [0.29, 0.717) is 10.9 Å². The minimum Gasteiger partial charge on any atom is -0.313 e. The summed E-state index contributed by atoms with van der Waals surface area (Å²) in [5.74, 6) is 0. The number of benzene rings is 1. The van der Waals surface area contributed by atoms with Crippen molar-refractivity contribution in [1.29, 1.82) is 0 Å². The van der Waals surface area contributed by atoms with Gasteiger partial charge in [-0.1, -0.05) is 0 Å². The molecule has 0 radical (unpaired) electrons. The molecule has 2 heterocycles. The van der Waals surface area contributed by atoms with E-state index in [9.17, 15) is 4.79 Å². The van der Waals surface area contributed by atoms with Crippen LogP contribution in [0.1, 0.15) is 0 Å². The van der Waals surface area contributed by atoms with Crippen molar-refractivity contribution >= 4 is 21.8 Å². The van der Waals surface area contributed by atoms with Crippen LogP contribution in [0, 0.1) is 0 Å². The number of hydrogen-bond acceptors (Lipinski definition) is 3. The van der Waals surface area contributed by atoms with Crippen LogP contribution in [0.5, 0.6) is 0 Å². The molecule has 68 valence electrons. The van der Waals surface area contributed by atoms with E-state index < -0.39 is 0 Å². The fourth-order valence-electron chi connectivity index (χ4n) is 1.51. The molecule has 0 amide bonds. The molecule has 14 heavy (non-hydrogen) atoms. The lowest BCUT2D eigenvalue weighted by molar-refractivity contribution is 1.12. The normalized spacial score (nSPS) is 11.1. The van der Waals surface area contributed by atoms with Crippen LogP contribution < -0.4 is 5.56 Å². The summed E-state index contributed by atoms with van der Waals surface area (Å²) in [7, 11) is 0. The van der Waals surface area contributed by atoms with E-state index in [1.54, 1.807) is 12.3 Å². The van der Waals surface area contributed by atoms with Gasteiger partial charge in [-0.2, -0.15) is 5.10 Å². The lowest BCUT2D eigenvalue weighted by atomic mass is 10.2. The summed E-state index contributed by atoms with van der Waals surface area (Å²) in [5, 5.41) is 8.22. The largest absolute Gasteiger partial charge is 0.313 e. The quantitative estimate of drug-likeness (QED) is 0.545. The molecular formula is C9H6N4O. The maximum absolute atomic E-state index is 11.4. The van der Waals surface area contributed by atoms with Crippen LogP contribution in [0.4, 0.5) is 0 Å². The van der Waals surface area contributed by atoms with Gasteiger partial charge in [0.1, 0.15) is 0 Å². The predicted octanol–water partition coefficient (Wildman–Crippen LogP) is 0.799. The number of aromatic amines is 2. The molecule has 0 atom stereocenters. The van der Waals surface area contributed by atoms with Gasteiger partial charge in [0.2, 0.25) is 0 Å². The molecule has 3 rings (SSSR count). The smallest absolute Gasteiger partial charge is 0.258 e. The van der Waals surface area contributed by atoms with Gasteiger partial charge in [-0.05, 0) is 12.1 Å². The third-order valence-corrected chi connectivity index (χ3v) is 2.20. The molecule has 0 bridgehead atoms. The highest BCUT2D eigenvalue weighted by molar-refractivity contribution is 5.93. The van der Waals surface area contributed by atoms with E-state index in [2.05, 4.69) is 20.2 Å². The fraction of sp³-hybridized carbons (Fsp3) is 0. The van der Waals surface area contributed by atoms with Gasteiger partial charge in [-0.3, -0.25) is 9.89 Å². The number of fused-ring (bicyclic) bond motifs is 2. The standard InChI is InChI=1S/C9H6N4O/c14-9-6-2-7-5(3-12-13-7)1-8(6)10-4-11-9/h1-4H,(H,12,13)(H,10,11,14). The summed E-state index contributed by atoms with van der Waals surface area (Å²) < 4.78 is 0. The molecule has 0 aliphatic rings. The van der Waals surface area contributed by atoms with Gasteiger partial charge in [0, 0.05) is 5.39 Å². The van der Waals surface area contributed by atoms with Gasteiger partial charge in [0.25, 0.3) is 5.56 Å². The highest BCUT2D eigenvalue weighted by Crippen LogP contribution is 2.15. The number of hydrogen-bond donors (Lipinski definition) is 2. The number of nitrogens with one attached hydrogen (secondary N) is 2. The summed E-state index contributed by atoms with van der Waals surface area (Å²) in [6.45, 7) is 0. The van der Waals surface area contributed by atoms with Crippen LogP contribution in [-0.4, -0.2) is 20.2 Å². The lowest BCUT2D eigenvalue weighted by Crippen LogP contribution is -2.05. The van der Waals surface area contributed by atoms with Gasteiger partial charge < -0.3 is 4.98 Å². The summed E-state index contributed by atoms with van der Waals surface area (Å²) in [6.07, 6.45) is 3.11. The molecule has 3 aromatic rings. The Labute approximate surface area is 77.8 Å². The van der Waals surface area contributed by atoms with Crippen molar-refractivity contribution in [3.63, 3.8) is 0 Å². The minimum atomic E-state index is -0.133. The summed E-state index contributed by atoms with van der Waals surface area (Å²) in [4.78, 5) is 18.0. The Morgan fingerprint density at radius 2 is 2.21 bits per heavy atom. The molecular weight excluding hydrogens is 180 g/mol. The fourth-order valence-corrected chi connectivity index (χ4v) is 1.51. The third kappa shape index (κ3) is 0.861. The summed E-state index contributed by atoms with van der Waals surface area (Å²) in [5.41, 5.74) is 1.39. The van der Waals surface area contributed by atoms with Crippen LogP contribution in [0.3, 0.4) is 0 Å². The van der Waals surface area contributed by atoms with Crippen molar-refractivity contribution in [2.24, 2.45) is 0 Å². The van der Waals surface area contributed by atoms with Crippen LogP contribution in [-0.2, 0) is 0 Å². The SMILES string of the molecule is O=c1[nH]cnc2cc3cn[nH]c3cc12. The first-order valence-electron chi connectivity index (χ1n) is 4.15. The second-order valence-electron chi connectivity index (χ2n) is 3.06. The Kier molecular flexibility index (Phi) is 1.25. The molecule has 0 aliphatic carbocycles. The Morgan fingerprint density at radius 1 is 1.29 bits per heavy atom. The van der Waals surface area contributed by atoms with Crippen molar-refractivity contribution < 1.29 is 0 Å². The molecule has 2 N–H and O–H groups in total. The second kappa shape index (κ2) is 2.41. The number of nitrogens with zero attached hydrogens (tertiary/aromatic N) is 2. The number of aromatic nitrogens is 4. The summed E-state index contributed by atoms with van der Waals surface area (Å²) in [6, 6.07) is 3.59. The number of rotatable bonds is 0. The predicted molar refractivity (Wildman–Crippen MR) is 52.0 cm³/mol. The van der Waals surface area contributed by atoms with E-state index in [1.165, 1.54) is 6.33 Å². The van der Waals surface area contributed by atoms with Crippen LogP contribution >= 0.6 is 0 Å². The second-order valence-corrected chi connectivity index (χ2v) is 3.06. The Hall–Kier alpha value is -2.17. The van der Waals surface area contributed by atoms with Gasteiger partial charge in [-0.15, -0.1) is 0 Å². The summed E-state index contributed by atoms with van der Waals surface area (Å²) >= 11 is 0. The van der Waals surface area contributed by atoms with Crippen molar-refractivity contribution in [3.05, 3.63) is 35.0 Å². The van der Waals surface area contributed by atoms with E-state index >= 15 is 0 Å². The molecule has 0 fully saturated rings. The Bertz CT molecular complexity index is 667. The minimum absolute atomic E-state index is 0.133. The number of H-pyrrole nitrogens is 2. The molecule has 2 aromatic heterocycles. The molecule has 0 saturated carbocycles. The van der Waals surface area contributed by atoms with Crippen molar-refractivity contribution in [3.8, 4) is 0 Å². The first-order valence-corrected chi connectivity index (χ1v) is 4.15. The Balaban J connectivity index is 2.63. The Morgan fingerprint density at radius 3 is 3.14 bits per heavy atom. The van der Waals surface area contributed by atoms with Gasteiger partial charge >= 0.3 is 0 Å². The first-order chi connectivity index (χ1) is 6.84. The highest BCUT2D eigenvalue weighted by Gasteiger charge is 2.02. The van der Waals surface area contributed by atoms with Crippen LogP contribution in [0.25, 0.3) is 21.8 Å². The van der Waals surface area contributed by atoms with E-state index in [-0.39, 0.29) is 5.56 Å². The van der Waals surface area contributed by atoms with Crippen molar-refractivity contribution in [2.75, 3.05) is 0 Å². The first kappa shape index (κ1) is 7.25. The lowest BCUT2D eigenvalue weighted by Gasteiger charge is -1.94. The van der Waals surface area contributed by atoms with Crippen LogP contribution in [0.15, 0.2) is 29.5 Å². The molecule has 0 aliphatic heterocycles. The third-order valence-electron chi connectivity index (χ3n) is 2.20. The van der Waals surface area contributed by atoms with Crippen molar-refractivity contribution in [2.45, 2.75) is 0 Å². The van der Waals surface area contributed by atoms with E-state index in [0.717, 1.165) is 10.9 Å². The van der Waals surface area contributed by atoms with E-state index in [1.807, 2.05) is 6.07 Å².